The Morgan fingerprint density at radius 2 is 2.33 bits per heavy atom. The lowest BCUT2D eigenvalue weighted by Gasteiger charge is -2.25. The predicted octanol–water partition coefficient (Wildman–Crippen LogP) is 1.49. The minimum atomic E-state index is 0.178. The zero-order chi connectivity index (χ0) is 16.9. The zero-order valence-corrected chi connectivity index (χ0v) is 14.3. The quantitative estimate of drug-likeness (QED) is 0.817. The minimum absolute atomic E-state index is 0.178. The predicted molar refractivity (Wildman–Crippen MR) is 93.9 cm³/mol. The van der Waals surface area contributed by atoms with Crippen molar-refractivity contribution in [1.29, 1.82) is 0 Å². The van der Waals surface area contributed by atoms with Crippen molar-refractivity contribution in [2.24, 2.45) is 0 Å². The van der Waals surface area contributed by atoms with Crippen LogP contribution in [0.4, 0.5) is 11.6 Å². The fourth-order valence-electron chi connectivity index (χ4n) is 2.96. The maximum atomic E-state index is 6.14. The first-order chi connectivity index (χ1) is 11.7. The number of hydrogen-bond acceptors (Lipinski definition) is 7. The summed E-state index contributed by atoms with van der Waals surface area (Å²) in [6.45, 7) is 2.27. The number of nitrogen functional groups attached to an aromatic ring is 1. The first-order valence-electron chi connectivity index (χ1n) is 7.83. The van der Waals surface area contributed by atoms with Gasteiger partial charge in [0.2, 0.25) is 0 Å². The largest absolute Gasteiger partial charge is 0.384 e. The molecule has 24 heavy (non-hydrogen) atoms. The zero-order valence-electron chi connectivity index (χ0n) is 13.5. The molecule has 0 aromatic carbocycles. The molecule has 2 aromatic rings. The van der Waals surface area contributed by atoms with Crippen LogP contribution in [-0.4, -0.2) is 47.3 Å². The van der Waals surface area contributed by atoms with Crippen molar-refractivity contribution in [3.63, 3.8) is 0 Å². The average Bonchev–Trinajstić information content (AvgIpc) is 3.00. The summed E-state index contributed by atoms with van der Waals surface area (Å²) >= 11 is 6.14. The van der Waals surface area contributed by atoms with Gasteiger partial charge in [-0.3, -0.25) is 4.98 Å². The van der Waals surface area contributed by atoms with Gasteiger partial charge in [0.1, 0.15) is 18.0 Å². The van der Waals surface area contributed by atoms with Crippen LogP contribution >= 0.6 is 11.6 Å². The van der Waals surface area contributed by atoms with Gasteiger partial charge in [0.05, 0.1) is 11.1 Å². The smallest absolute Gasteiger partial charge is 0.134 e. The van der Waals surface area contributed by atoms with Gasteiger partial charge in [0.25, 0.3) is 0 Å². The molecule has 1 saturated heterocycles. The summed E-state index contributed by atoms with van der Waals surface area (Å²) in [5.41, 5.74) is 6.82. The van der Waals surface area contributed by atoms with Crippen LogP contribution in [0.15, 0.2) is 30.9 Å². The van der Waals surface area contributed by atoms with Crippen LogP contribution in [0.1, 0.15) is 12.0 Å². The van der Waals surface area contributed by atoms with E-state index in [4.69, 9.17) is 22.1 Å². The van der Waals surface area contributed by atoms with Gasteiger partial charge in [-0.05, 0) is 18.1 Å². The van der Waals surface area contributed by atoms with Crippen molar-refractivity contribution in [3.8, 4) is 0 Å². The second kappa shape index (κ2) is 7.74. The van der Waals surface area contributed by atoms with Crippen LogP contribution in [0.2, 0.25) is 5.02 Å². The van der Waals surface area contributed by atoms with E-state index in [1.165, 1.54) is 6.33 Å². The van der Waals surface area contributed by atoms with Crippen molar-refractivity contribution < 1.29 is 4.74 Å². The molecule has 7 nitrogen and oxygen atoms in total. The molecule has 0 saturated carbocycles. The molecule has 0 aliphatic carbocycles. The Bertz CT molecular complexity index is 685. The van der Waals surface area contributed by atoms with Crippen LogP contribution in [0, 0.1) is 0 Å². The van der Waals surface area contributed by atoms with E-state index in [0.717, 1.165) is 30.9 Å². The van der Waals surface area contributed by atoms with Crippen LogP contribution in [0.3, 0.4) is 0 Å². The third-order valence-corrected chi connectivity index (χ3v) is 4.57. The lowest BCUT2D eigenvalue weighted by Crippen LogP contribution is -2.38. The number of nitrogens with two attached hydrogens (primary N) is 1. The Morgan fingerprint density at radius 3 is 3.08 bits per heavy atom. The summed E-state index contributed by atoms with van der Waals surface area (Å²) in [5, 5.41) is 4.13. The summed E-state index contributed by atoms with van der Waals surface area (Å²) < 4.78 is 5.53. The summed E-state index contributed by atoms with van der Waals surface area (Å²) in [4.78, 5) is 14.5. The molecule has 3 heterocycles. The lowest BCUT2D eigenvalue weighted by atomic mass is 10.2. The number of methoxy groups -OCH3 is 1. The van der Waals surface area contributed by atoms with E-state index in [1.807, 2.05) is 6.07 Å². The first-order valence-corrected chi connectivity index (χ1v) is 8.21. The number of hydrogen-bond donors (Lipinski definition) is 2. The second-order valence-corrected chi connectivity index (χ2v) is 6.21. The number of ether oxygens (including phenoxy) is 1. The minimum Gasteiger partial charge on any atom is -0.384 e. The molecule has 3 rings (SSSR count). The Kier molecular flexibility index (Phi) is 5.44. The van der Waals surface area contributed by atoms with E-state index in [0.29, 0.717) is 17.4 Å². The monoisotopic (exact) mass is 348 g/mol. The fraction of sp³-hybridized carbons (Fsp3) is 0.438. The molecule has 1 fully saturated rings. The van der Waals surface area contributed by atoms with Crippen LogP contribution in [0.25, 0.3) is 0 Å². The van der Waals surface area contributed by atoms with Crippen molar-refractivity contribution in [3.05, 3.63) is 41.4 Å². The molecule has 2 atom stereocenters. The van der Waals surface area contributed by atoms with Gasteiger partial charge in [-0.2, -0.15) is 0 Å². The molecule has 128 valence electrons. The van der Waals surface area contributed by atoms with Gasteiger partial charge < -0.3 is 20.7 Å². The molecule has 0 radical (unpaired) electrons. The van der Waals surface area contributed by atoms with Crippen molar-refractivity contribution in [1.82, 2.24) is 20.3 Å². The molecule has 1 aliphatic rings. The Balaban J connectivity index is 1.65. The van der Waals surface area contributed by atoms with E-state index in [2.05, 4.69) is 25.2 Å². The number of nitrogens with zero attached hydrogens (tertiary/aromatic N) is 4. The van der Waals surface area contributed by atoms with Crippen molar-refractivity contribution in [2.45, 2.75) is 25.1 Å². The van der Waals surface area contributed by atoms with E-state index in [-0.39, 0.29) is 12.1 Å². The van der Waals surface area contributed by atoms with Crippen LogP contribution in [0.5, 0.6) is 0 Å². The summed E-state index contributed by atoms with van der Waals surface area (Å²) in [6, 6.07) is 3.99. The standard InChI is InChI=1S/C16H21ClN6O/c1-24-13-4-12(7-20-6-11-2-3-19-8-14(11)17)23(9-13)16-5-15(18)21-10-22-16/h2-3,5,8,10,12-13,20H,4,6-7,9H2,1H3,(H2,18,21,22)/t12-,13-/m1/s1. The molecule has 0 amide bonds. The van der Waals surface area contributed by atoms with Gasteiger partial charge >= 0.3 is 0 Å². The number of anilines is 2. The molecule has 0 spiro atoms. The van der Waals surface area contributed by atoms with E-state index in [1.54, 1.807) is 25.6 Å². The number of halogens is 1. The fourth-order valence-corrected chi connectivity index (χ4v) is 3.14. The van der Waals surface area contributed by atoms with E-state index >= 15 is 0 Å². The highest BCUT2D eigenvalue weighted by Crippen LogP contribution is 2.26. The maximum absolute atomic E-state index is 6.14. The molecule has 2 aromatic heterocycles. The molecule has 8 heteroatoms. The Labute approximate surface area is 146 Å². The molecular formula is C16H21ClN6O. The third-order valence-electron chi connectivity index (χ3n) is 4.23. The molecule has 0 bridgehead atoms. The number of aromatic nitrogens is 3. The maximum Gasteiger partial charge on any atom is 0.134 e. The number of pyridine rings is 1. The SMILES string of the molecule is CO[C@@H]1C[C@H](CNCc2ccncc2Cl)N(c2cc(N)ncn2)C1. The summed E-state index contributed by atoms with van der Waals surface area (Å²) in [5.74, 6) is 1.30. The Hall–Kier alpha value is -1.96. The molecular weight excluding hydrogens is 328 g/mol. The van der Waals surface area contributed by atoms with Crippen LogP contribution in [-0.2, 0) is 11.3 Å². The number of nitrogens with one attached hydrogen (secondary N) is 1. The first kappa shape index (κ1) is 16.9. The van der Waals surface area contributed by atoms with Crippen molar-refractivity contribution >= 4 is 23.2 Å². The topological polar surface area (TPSA) is 89.2 Å². The average molecular weight is 349 g/mol. The highest BCUT2D eigenvalue weighted by molar-refractivity contribution is 6.31. The van der Waals surface area contributed by atoms with Crippen LogP contribution < -0.4 is 16.0 Å². The van der Waals surface area contributed by atoms with Gasteiger partial charge in [-0.25, -0.2) is 9.97 Å². The Morgan fingerprint density at radius 1 is 1.46 bits per heavy atom. The van der Waals surface area contributed by atoms with E-state index in [9.17, 15) is 0 Å². The lowest BCUT2D eigenvalue weighted by molar-refractivity contribution is 0.118. The van der Waals surface area contributed by atoms with Gasteiger partial charge in [-0.15, -0.1) is 0 Å². The number of rotatable bonds is 6. The highest BCUT2D eigenvalue weighted by Gasteiger charge is 2.32. The van der Waals surface area contributed by atoms with Gasteiger partial charge in [-0.1, -0.05) is 11.6 Å². The molecule has 3 N–H and O–H groups in total. The highest BCUT2D eigenvalue weighted by atomic mass is 35.5. The normalized spacial score (nSPS) is 20.5. The molecule has 0 unspecified atom stereocenters. The second-order valence-electron chi connectivity index (χ2n) is 5.80. The summed E-state index contributed by atoms with van der Waals surface area (Å²) in [6.07, 6.45) is 6.00. The molecule has 1 aliphatic heterocycles. The van der Waals surface area contributed by atoms with E-state index < -0.39 is 0 Å². The summed E-state index contributed by atoms with van der Waals surface area (Å²) in [7, 11) is 1.74. The third kappa shape index (κ3) is 3.92. The van der Waals surface area contributed by atoms with Gasteiger partial charge in [0, 0.05) is 51.2 Å². The van der Waals surface area contributed by atoms with Crippen molar-refractivity contribution in [2.75, 3.05) is 30.8 Å². The van der Waals surface area contributed by atoms with Gasteiger partial charge in [0.15, 0.2) is 0 Å².